The third-order valence-corrected chi connectivity index (χ3v) is 4.85. The van der Waals surface area contributed by atoms with Gasteiger partial charge in [-0.1, -0.05) is 13.8 Å². The van der Waals surface area contributed by atoms with Crippen LogP contribution in [0.1, 0.15) is 47.9 Å². The van der Waals surface area contributed by atoms with Gasteiger partial charge in [-0.2, -0.15) is 0 Å². The molecule has 0 aliphatic rings. The molecule has 0 heterocycles. The molecule has 0 aliphatic heterocycles. The predicted molar refractivity (Wildman–Crippen MR) is 125 cm³/mol. The molecule has 6 nitrogen and oxygen atoms in total. The van der Waals surface area contributed by atoms with Crippen molar-refractivity contribution >= 4 is 50.8 Å². The first kappa shape index (κ1) is 23.8. The summed E-state index contributed by atoms with van der Waals surface area (Å²) in [5.74, 6) is 0.519. The summed E-state index contributed by atoms with van der Waals surface area (Å²) in [6.07, 6.45) is 0.954. The van der Waals surface area contributed by atoms with E-state index in [1.165, 1.54) is 0 Å². The lowest BCUT2D eigenvalue weighted by atomic mass is 10.1. The van der Waals surface area contributed by atoms with E-state index in [0.29, 0.717) is 46.2 Å². The average molecular weight is 493 g/mol. The highest BCUT2D eigenvalue weighted by Crippen LogP contribution is 2.26. The number of carbonyl (C=O) groups excluding carboxylic acids is 2. The van der Waals surface area contributed by atoms with E-state index >= 15 is 0 Å². The van der Waals surface area contributed by atoms with Crippen molar-refractivity contribution in [2.45, 2.75) is 27.2 Å². The number of anilines is 1. The number of thiocarbonyl (C=S) groups is 1. The van der Waals surface area contributed by atoms with E-state index in [2.05, 4.69) is 40.4 Å². The van der Waals surface area contributed by atoms with Gasteiger partial charge in [0.1, 0.15) is 5.75 Å². The lowest BCUT2D eigenvalue weighted by Gasteiger charge is -2.12. The summed E-state index contributed by atoms with van der Waals surface area (Å²) in [6, 6.07) is 11.7. The zero-order valence-corrected chi connectivity index (χ0v) is 19.6. The van der Waals surface area contributed by atoms with Crippen LogP contribution < -0.4 is 15.4 Å². The molecule has 0 spiro atoms. The van der Waals surface area contributed by atoms with Crippen molar-refractivity contribution in [1.29, 1.82) is 0 Å². The molecule has 2 rings (SSSR count). The Balaban J connectivity index is 1.91. The van der Waals surface area contributed by atoms with Crippen LogP contribution in [0.2, 0.25) is 0 Å². The monoisotopic (exact) mass is 492 g/mol. The topological polar surface area (TPSA) is 76.7 Å². The van der Waals surface area contributed by atoms with Crippen molar-refractivity contribution in [2.24, 2.45) is 5.92 Å². The Morgan fingerprint density at radius 2 is 1.77 bits per heavy atom. The molecule has 2 aromatic carbocycles. The predicted octanol–water partition coefficient (Wildman–Crippen LogP) is 5.18. The number of rotatable bonds is 8. The summed E-state index contributed by atoms with van der Waals surface area (Å²) in [7, 11) is 0. The van der Waals surface area contributed by atoms with Gasteiger partial charge in [0.15, 0.2) is 5.11 Å². The van der Waals surface area contributed by atoms with Crippen molar-refractivity contribution in [3.63, 3.8) is 0 Å². The standard InChI is InChI=1S/C22H25BrN2O4S/c1-4-28-21(27)15-5-8-17(9-6-15)24-22(30)25-20(26)16-7-10-19(18(23)13-16)29-12-11-14(2)3/h5-10,13-14H,4,11-12H2,1-3H3,(H2,24,25,26,30). The lowest BCUT2D eigenvalue weighted by Crippen LogP contribution is -2.34. The molecular weight excluding hydrogens is 468 g/mol. The van der Waals surface area contributed by atoms with Gasteiger partial charge in [-0.3, -0.25) is 10.1 Å². The highest BCUT2D eigenvalue weighted by atomic mass is 79.9. The molecule has 0 aliphatic carbocycles. The molecule has 0 aromatic heterocycles. The Kier molecular flexibility index (Phi) is 9.26. The molecule has 1 amide bonds. The summed E-state index contributed by atoms with van der Waals surface area (Å²) in [6.45, 7) is 6.96. The Bertz CT molecular complexity index is 901. The lowest BCUT2D eigenvalue weighted by molar-refractivity contribution is 0.0526. The van der Waals surface area contributed by atoms with Crippen LogP contribution in [0.25, 0.3) is 0 Å². The largest absolute Gasteiger partial charge is 0.492 e. The molecule has 0 saturated carbocycles. The first-order valence-corrected chi connectivity index (χ1v) is 10.8. The maximum Gasteiger partial charge on any atom is 0.338 e. The van der Waals surface area contributed by atoms with Crippen LogP contribution in [0.5, 0.6) is 5.75 Å². The number of carbonyl (C=O) groups is 2. The summed E-state index contributed by atoms with van der Waals surface area (Å²) < 4.78 is 11.4. The van der Waals surface area contributed by atoms with Crippen molar-refractivity contribution < 1.29 is 19.1 Å². The van der Waals surface area contributed by atoms with E-state index in [9.17, 15) is 9.59 Å². The minimum absolute atomic E-state index is 0.150. The van der Waals surface area contributed by atoms with E-state index in [-0.39, 0.29) is 17.0 Å². The van der Waals surface area contributed by atoms with E-state index < -0.39 is 0 Å². The van der Waals surface area contributed by atoms with Crippen LogP contribution in [-0.2, 0) is 4.74 Å². The highest BCUT2D eigenvalue weighted by Gasteiger charge is 2.12. The first-order chi connectivity index (χ1) is 14.3. The summed E-state index contributed by atoms with van der Waals surface area (Å²) in [5.41, 5.74) is 1.53. The molecule has 30 heavy (non-hydrogen) atoms. The quantitative estimate of drug-likeness (QED) is 0.390. The second kappa shape index (κ2) is 11.7. The fourth-order valence-electron chi connectivity index (χ4n) is 2.41. The first-order valence-electron chi connectivity index (χ1n) is 9.62. The van der Waals surface area contributed by atoms with E-state index in [0.717, 1.165) is 6.42 Å². The van der Waals surface area contributed by atoms with E-state index in [1.807, 2.05) is 0 Å². The van der Waals surface area contributed by atoms with Gasteiger partial charge >= 0.3 is 5.97 Å². The van der Waals surface area contributed by atoms with Gasteiger partial charge in [0, 0.05) is 11.3 Å². The van der Waals surface area contributed by atoms with Gasteiger partial charge in [-0.15, -0.1) is 0 Å². The van der Waals surface area contributed by atoms with Crippen LogP contribution in [0.4, 0.5) is 5.69 Å². The van der Waals surface area contributed by atoms with Gasteiger partial charge in [0.25, 0.3) is 5.91 Å². The number of benzene rings is 2. The van der Waals surface area contributed by atoms with Crippen molar-refractivity contribution in [2.75, 3.05) is 18.5 Å². The molecule has 2 N–H and O–H groups in total. The van der Waals surface area contributed by atoms with Crippen LogP contribution in [0.15, 0.2) is 46.9 Å². The Labute approximate surface area is 190 Å². The minimum Gasteiger partial charge on any atom is -0.492 e. The Morgan fingerprint density at radius 1 is 1.10 bits per heavy atom. The molecule has 0 bridgehead atoms. The van der Waals surface area contributed by atoms with E-state index in [1.54, 1.807) is 49.4 Å². The van der Waals surface area contributed by atoms with Crippen molar-refractivity contribution in [3.8, 4) is 5.75 Å². The number of hydrogen-bond donors (Lipinski definition) is 2. The van der Waals surface area contributed by atoms with Crippen molar-refractivity contribution in [3.05, 3.63) is 58.1 Å². The fraction of sp³-hybridized carbons (Fsp3) is 0.318. The Morgan fingerprint density at radius 3 is 2.37 bits per heavy atom. The molecule has 2 aromatic rings. The Hall–Kier alpha value is -2.45. The molecular formula is C22H25BrN2O4S. The molecule has 0 unspecified atom stereocenters. The number of halogens is 1. The highest BCUT2D eigenvalue weighted by molar-refractivity contribution is 9.10. The van der Waals surface area contributed by atoms with Gasteiger partial charge in [-0.25, -0.2) is 4.79 Å². The molecule has 0 radical (unpaired) electrons. The zero-order chi connectivity index (χ0) is 22.1. The zero-order valence-electron chi connectivity index (χ0n) is 17.2. The molecule has 0 atom stereocenters. The summed E-state index contributed by atoms with van der Waals surface area (Å²) in [5, 5.41) is 5.70. The maximum absolute atomic E-state index is 12.5. The van der Waals surface area contributed by atoms with Crippen molar-refractivity contribution in [1.82, 2.24) is 5.32 Å². The number of ether oxygens (including phenoxy) is 2. The number of amides is 1. The summed E-state index contributed by atoms with van der Waals surface area (Å²) in [4.78, 5) is 24.1. The summed E-state index contributed by atoms with van der Waals surface area (Å²) >= 11 is 8.65. The second-order valence-corrected chi connectivity index (χ2v) is 8.14. The smallest absolute Gasteiger partial charge is 0.338 e. The van der Waals surface area contributed by atoms with Crippen LogP contribution in [0, 0.1) is 5.92 Å². The molecule has 8 heteroatoms. The molecule has 0 saturated heterocycles. The molecule has 160 valence electrons. The number of esters is 1. The number of nitrogens with one attached hydrogen (secondary N) is 2. The van der Waals surface area contributed by atoms with Gasteiger partial charge in [-0.05, 0) is 89.9 Å². The van der Waals surface area contributed by atoms with Crippen LogP contribution in [-0.4, -0.2) is 30.2 Å². The van der Waals surface area contributed by atoms with Gasteiger partial charge < -0.3 is 14.8 Å². The average Bonchev–Trinajstić information content (AvgIpc) is 2.69. The molecule has 0 fully saturated rings. The maximum atomic E-state index is 12.5. The SMILES string of the molecule is CCOC(=O)c1ccc(NC(=S)NC(=O)c2ccc(OCCC(C)C)c(Br)c2)cc1. The number of hydrogen-bond acceptors (Lipinski definition) is 5. The normalized spacial score (nSPS) is 10.4. The van der Waals surface area contributed by atoms with Gasteiger partial charge in [0.05, 0.1) is 23.2 Å². The third-order valence-electron chi connectivity index (χ3n) is 4.03. The van der Waals surface area contributed by atoms with Crippen LogP contribution >= 0.6 is 28.1 Å². The van der Waals surface area contributed by atoms with Gasteiger partial charge in [0.2, 0.25) is 0 Å². The third kappa shape index (κ3) is 7.42. The minimum atomic E-state index is -0.387. The fourth-order valence-corrected chi connectivity index (χ4v) is 3.11. The van der Waals surface area contributed by atoms with E-state index in [4.69, 9.17) is 21.7 Å². The van der Waals surface area contributed by atoms with Crippen LogP contribution in [0.3, 0.4) is 0 Å². The second-order valence-electron chi connectivity index (χ2n) is 6.88.